The van der Waals surface area contributed by atoms with Crippen LogP contribution in [0.1, 0.15) is 55.5 Å². The van der Waals surface area contributed by atoms with Crippen molar-refractivity contribution in [2.75, 3.05) is 5.32 Å². The largest absolute Gasteiger partial charge is 0.325 e. The first kappa shape index (κ1) is 14.2. The van der Waals surface area contributed by atoms with Crippen molar-refractivity contribution >= 4 is 34.8 Å². The van der Waals surface area contributed by atoms with E-state index in [-0.39, 0.29) is 16.7 Å². The van der Waals surface area contributed by atoms with Crippen LogP contribution in [0.4, 0.5) is 5.69 Å². The number of rotatable bonds is 3. The van der Waals surface area contributed by atoms with Gasteiger partial charge in [-0.2, -0.15) is 0 Å². The molecule has 2 nitrogen and oxygen atoms in total. The number of carbonyl (C=O) groups excluding carboxylic acids is 1. The predicted molar refractivity (Wildman–Crippen MR) is 83.6 cm³/mol. The maximum Gasteiger partial charge on any atom is 0.228 e. The maximum atomic E-state index is 11.5. The monoisotopic (exact) mass is 311 g/mol. The number of anilines is 1. The minimum atomic E-state index is -0.0662. The number of amides is 1. The molecule has 108 valence electrons. The number of hydrogen-bond acceptors (Lipinski definition) is 1. The topological polar surface area (TPSA) is 29.1 Å². The Bertz CT molecular complexity index is 550. The van der Waals surface area contributed by atoms with E-state index in [0.717, 1.165) is 23.2 Å². The summed E-state index contributed by atoms with van der Waals surface area (Å²) in [6.45, 7) is 2.22. The summed E-state index contributed by atoms with van der Waals surface area (Å²) in [4.78, 5) is 11.5. The molecule has 2 aliphatic rings. The van der Waals surface area contributed by atoms with Gasteiger partial charge in [-0.1, -0.05) is 37.4 Å². The van der Waals surface area contributed by atoms with E-state index in [2.05, 4.69) is 12.2 Å². The molecule has 1 heterocycles. The molecule has 0 saturated heterocycles. The van der Waals surface area contributed by atoms with E-state index >= 15 is 0 Å². The molecule has 1 fully saturated rings. The summed E-state index contributed by atoms with van der Waals surface area (Å²) in [5.41, 5.74) is 3.01. The summed E-state index contributed by atoms with van der Waals surface area (Å²) >= 11 is 13.2. The maximum absolute atomic E-state index is 11.5. The third-order valence-electron chi connectivity index (χ3n) is 4.96. The van der Waals surface area contributed by atoms with Gasteiger partial charge in [0, 0.05) is 10.7 Å². The number of fused-ring (bicyclic) bond motifs is 1. The van der Waals surface area contributed by atoms with Crippen LogP contribution < -0.4 is 5.32 Å². The molecule has 1 aliphatic heterocycles. The predicted octanol–water partition coefficient (Wildman–Crippen LogP) is 5.08. The number of hydrogen-bond donors (Lipinski definition) is 1. The molecule has 1 amide bonds. The van der Waals surface area contributed by atoms with Gasteiger partial charge < -0.3 is 5.32 Å². The highest BCUT2D eigenvalue weighted by Gasteiger charge is 2.40. The highest BCUT2D eigenvalue weighted by molar-refractivity contribution is 6.33. The van der Waals surface area contributed by atoms with Gasteiger partial charge in [-0.05, 0) is 41.9 Å². The Morgan fingerprint density at radius 1 is 1.35 bits per heavy atom. The van der Waals surface area contributed by atoms with Gasteiger partial charge in [-0.25, -0.2) is 0 Å². The van der Waals surface area contributed by atoms with E-state index in [1.807, 2.05) is 12.1 Å². The van der Waals surface area contributed by atoms with Gasteiger partial charge in [-0.15, -0.1) is 11.6 Å². The normalized spacial score (nSPS) is 21.6. The molecular formula is C16H19Cl2NO. The van der Waals surface area contributed by atoms with Crippen LogP contribution in [0.2, 0.25) is 5.02 Å². The third kappa shape index (κ3) is 2.23. The van der Waals surface area contributed by atoms with E-state index < -0.39 is 0 Å². The minimum absolute atomic E-state index is 0.0328. The van der Waals surface area contributed by atoms with Crippen LogP contribution in [0.3, 0.4) is 0 Å². The molecule has 1 aromatic rings. The van der Waals surface area contributed by atoms with Crippen molar-refractivity contribution in [1.82, 2.24) is 0 Å². The summed E-state index contributed by atoms with van der Waals surface area (Å²) in [7, 11) is 0. The average Bonchev–Trinajstić information content (AvgIpc) is 3.03. The number of nitrogens with one attached hydrogen (secondary N) is 1. The van der Waals surface area contributed by atoms with Crippen molar-refractivity contribution in [3.8, 4) is 0 Å². The molecule has 1 atom stereocenters. The molecule has 1 unspecified atom stereocenters. The van der Waals surface area contributed by atoms with Crippen molar-refractivity contribution in [1.29, 1.82) is 0 Å². The molecule has 0 bridgehead atoms. The first-order valence-corrected chi connectivity index (χ1v) is 8.13. The molecule has 0 radical (unpaired) electrons. The molecule has 0 aromatic heterocycles. The molecule has 20 heavy (non-hydrogen) atoms. The van der Waals surface area contributed by atoms with Crippen molar-refractivity contribution < 1.29 is 4.79 Å². The van der Waals surface area contributed by atoms with Crippen LogP contribution in [0.15, 0.2) is 12.1 Å². The van der Waals surface area contributed by atoms with Crippen LogP contribution in [0.5, 0.6) is 0 Å². The Hall–Kier alpha value is -0.730. The van der Waals surface area contributed by atoms with Gasteiger partial charge in [0.25, 0.3) is 0 Å². The van der Waals surface area contributed by atoms with Crippen molar-refractivity contribution in [3.63, 3.8) is 0 Å². The molecule has 4 heteroatoms. The Kier molecular flexibility index (Phi) is 3.72. The Balaban J connectivity index is 1.98. The van der Waals surface area contributed by atoms with E-state index in [4.69, 9.17) is 23.2 Å². The summed E-state index contributed by atoms with van der Waals surface area (Å²) in [5, 5.41) is 3.44. The van der Waals surface area contributed by atoms with Gasteiger partial charge in [0.2, 0.25) is 5.91 Å². The standard InChI is InChI=1S/C16H19Cl2NO/c1-2-16(5-3-4-6-16)15(18)11-7-10-8-14(20)19-13(10)9-12(11)17/h7,9,15H,2-6,8H2,1H3,(H,19,20). The van der Waals surface area contributed by atoms with E-state index in [1.54, 1.807) is 0 Å². The Morgan fingerprint density at radius 2 is 2.05 bits per heavy atom. The van der Waals surface area contributed by atoms with Crippen LogP contribution in [-0.4, -0.2) is 5.91 Å². The van der Waals surface area contributed by atoms with Gasteiger partial charge in [0.15, 0.2) is 0 Å². The number of alkyl halides is 1. The molecule has 1 aromatic carbocycles. The van der Waals surface area contributed by atoms with Gasteiger partial charge >= 0.3 is 0 Å². The summed E-state index contributed by atoms with van der Waals surface area (Å²) in [6, 6.07) is 3.88. The highest BCUT2D eigenvalue weighted by atomic mass is 35.5. The van der Waals surface area contributed by atoms with Gasteiger partial charge in [0.1, 0.15) is 0 Å². The summed E-state index contributed by atoms with van der Waals surface area (Å²) in [5.74, 6) is 0.0328. The quantitative estimate of drug-likeness (QED) is 0.774. The zero-order valence-corrected chi connectivity index (χ0v) is 13.2. The molecule has 1 N–H and O–H groups in total. The van der Waals surface area contributed by atoms with E-state index in [9.17, 15) is 4.79 Å². The lowest BCUT2D eigenvalue weighted by Gasteiger charge is -2.33. The molecular weight excluding hydrogens is 293 g/mol. The van der Waals surface area contributed by atoms with Crippen LogP contribution in [-0.2, 0) is 11.2 Å². The number of benzene rings is 1. The van der Waals surface area contributed by atoms with E-state index in [0.29, 0.717) is 11.4 Å². The molecule has 3 rings (SSSR count). The van der Waals surface area contributed by atoms with Gasteiger partial charge in [0.05, 0.1) is 11.8 Å². The van der Waals surface area contributed by atoms with Crippen LogP contribution >= 0.6 is 23.2 Å². The van der Waals surface area contributed by atoms with Crippen molar-refractivity contribution in [2.45, 2.75) is 50.8 Å². The second-order valence-corrected chi connectivity index (χ2v) is 6.89. The second-order valence-electron chi connectivity index (χ2n) is 6.04. The van der Waals surface area contributed by atoms with Crippen LogP contribution in [0.25, 0.3) is 0 Å². The zero-order chi connectivity index (χ0) is 14.3. The fourth-order valence-electron chi connectivity index (χ4n) is 3.66. The molecule has 1 aliphatic carbocycles. The molecule has 0 spiro atoms. The van der Waals surface area contributed by atoms with Crippen LogP contribution in [0, 0.1) is 5.41 Å². The highest BCUT2D eigenvalue weighted by Crippen LogP contribution is 2.54. The minimum Gasteiger partial charge on any atom is -0.325 e. The zero-order valence-electron chi connectivity index (χ0n) is 11.6. The smallest absolute Gasteiger partial charge is 0.228 e. The van der Waals surface area contributed by atoms with E-state index in [1.165, 1.54) is 25.7 Å². The first-order valence-electron chi connectivity index (χ1n) is 7.32. The first-order chi connectivity index (χ1) is 9.55. The van der Waals surface area contributed by atoms with Crippen molar-refractivity contribution in [2.24, 2.45) is 5.41 Å². The lowest BCUT2D eigenvalue weighted by molar-refractivity contribution is -0.115. The lowest BCUT2D eigenvalue weighted by atomic mass is 9.77. The van der Waals surface area contributed by atoms with Crippen molar-refractivity contribution in [3.05, 3.63) is 28.3 Å². The number of carbonyl (C=O) groups is 1. The lowest BCUT2D eigenvalue weighted by Crippen LogP contribution is -2.21. The fraction of sp³-hybridized carbons (Fsp3) is 0.562. The third-order valence-corrected chi connectivity index (χ3v) is 5.99. The summed E-state index contributed by atoms with van der Waals surface area (Å²) < 4.78 is 0. The second kappa shape index (κ2) is 5.23. The fourth-order valence-corrected chi connectivity index (χ4v) is 4.54. The Morgan fingerprint density at radius 3 is 2.70 bits per heavy atom. The number of halogens is 2. The Labute approximate surface area is 129 Å². The summed E-state index contributed by atoms with van der Waals surface area (Å²) in [6.07, 6.45) is 6.35. The average molecular weight is 312 g/mol. The SMILES string of the molecule is CCC1(C(Cl)c2cc3c(cc2Cl)NC(=O)C3)CCCC1. The van der Waals surface area contributed by atoms with Gasteiger partial charge in [-0.3, -0.25) is 4.79 Å². The molecule has 1 saturated carbocycles.